The van der Waals surface area contributed by atoms with Gasteiger partial charge < -0.3 is 19.3 Å². The van der Waals surface area contributed by atoms with E-state index in [1.165, 1.54) is 16.0 Å². The van der Waals surface area contributed by atoms with Crippen molar-refractivity contribution in [1.82, 2.24) is 14.5 Å². The summed E-state index contributed by atoms with van der Waals surface area (Å²) < 4.78 is 7.76. The standard InChI is InChI=1S/C23H29N3O4/c1-4-22(2,3)30-19(27)18-15-24-20-23(10-13-25(14-11-23)21(28)29)17-8-6-5-7-16(17)9-12-26(18)20/h5-8,15H,4,9-14H2,1-3H3,(H,28,29). The number of likely N-dealkylation sites (tertiary alicyclic amines) is 1. The number of esters is 1. The van der Waals surface area contributed by atoms with Crippen LogP contribution in [0.5, 0.6) is 0 Å². The molecule has 160 valence electrons. The first-order chi connectivity index (χ1) is 14.3. The van der Waals surface area contributed by atoms with Crippen LogP contribution in [-0.4, -0.2) is 50.3 Å². The maximum atomic E-state index is 13.0. The van der Waals surface area contributed by atoms with E-state index in [9.17, 15) is 14.7 Å². The molecule has 1 fully saturated rings. The van der Waals surface area contributed by atoms with Crippen LogP contribution in [0.3, 0.4) is 0 Å². The van der Waals surface area contributed by atoms with Gasteiger partial charge in [-0.2, -0.15) is 0 Å². The summed E-state index contributed by atoms with van der Waals surface area (Å²) in [6.07, 6.45) is 3.54. The largest absolute Gasteiger partial charge is 0.465 e. The summed E-state index contributed by atoms with van der Waals surface area (Å²) >= 11 is 0. The fraction of sp³-hybridized carbons (Fsp3) is 0.522. The number of carbonyl (C=O) groups excluding carboxylic acids is 1. The Morgan fingerprint density at radius 3 is 2.57 bits per heavy atom. The number of hydrogen-bond donors (Lipinski definition) is 1. The van der Waals surface area contributed by atoms with E-state index in [1.807, 2.05) is 37.5 Å². The zero-order chi connectivity index (χ0) is 21.5. The molecule has 2 aliphatic rings. The molecule has 4 rings (SSSR count). The van der Waals surface area contributed by atoms with E-state index in [2.05, 4.69) is 12.1 Å². The summed E-state index contributed by atoms with van der Waals surface area (Å²) in [5.41, 5.74) is 1.96. The number of aromatic nitrogens is 2. The van der Waals surface area contributed by atoms with E-state index in [1.54, 1.807) is 6.20 Å². The van der Waals surface area contributed by atoms with Gasteiger partial charge in [-0.05, 0) is 50.7 Å². The molecular formula is C23H29N3O4. The van der Waals surface area contributed by atoms with Crippen molar-refractivity contribution in [3.8, 4) is 0 Å². The number of hydrogen-bond acceptors (Lipinski definition) is 4. The van der Waals surface area contributed by atoms with Crippen molar-refractivity contribution in [2.24, 2.45) is 0 Å². The van der Waals surface area contributed by atoms with E-state index in [0.29, 0.717) is 38.2 Å². The first-order valence-corrected chi connectivity index (χ1v) is 10.6. The third-order valence-corrected chi connectivity index (χ3v) is 6.74. The van der Waals surface area contributed by atoms with Gasteiger partial charge in [-0.25, -0.2) is 14.6 Å². The molecule has 0 bridgehead atoms. The highest BCUT2D eigenvalue weighted by Gasteiger charge is 2.45. The number of benzene rings is 1. The summed E-state index contributed by atoms with van der Waals surface area (Å²) in [6.45, 7) is 7.34. The lowest BCUT2D eigenvalue weighted by molar-refractivity contribution is -0.00363. The number of rotatable bonds is 3. The lowest BCUT2D eigenvalue weighted by Gasteiger charge is -2.41. The minimum atomic E-state index is -0.888. The second-order valence-electron chi connectivity index (χ2n) is 8.88. The molecule has 1 amide bonds. The fourth-order valence-electron chi connectivity index (χ4n) is 4.65. The zero-order valence-corrected chi connectivity index (χ0v) is 17.9. The summed E-state index contributed by atoms with van der Waals surface area (Å²) in [4.78, 5) is 30.7. The Kier molecular flexibility index (Phi) is 5.08. The van der Waals surface area contributed by atoms with E-state index in [0.717, 1.165) is 18.7 Å². The molecule has 0 atom stereocenters. The number of nitrogens with zero attached hydrogens (tertiary/aromatic N) is 3. The van der Waals surface area contributed by atoms with Crippen molar-refractivity contribution in [3.05, 3.63) is 53.1 Å². The molecule has 3 heterocycles. The number of amides is 1. The molecule has 1 aromatic carbocycles. The summed E-state index contributed by atoms with van der Waals surface area (Å²) in [5, 5.41) is 9.42. The normalized spacial score (nSPS) is 17.8. The van der Waals surface area contributed by atoms with Gasteiger partial charge in [0.25, 0.3) is 0 Å². The first-order valence-electron chi connectivity index (χ1n) is 10.6. The van der Waals surface area contributed by atoms with Gasteiger partial charge in [-0.3, -0.25) is 0 Å². The number of imidazole rings is 1. The van der Waals surface area contributed by atoms with E-state index in [4.69, 9.17) is 9.72 Å². The predicted molar refractivity (Wildman–Crippen MR) is 112 cm³/mol. The third-order valence-electron chi connectivity index (χ3n) is 6.74. The van der Waals surface area contributed by atoms with Gasteiger partial charge in [0.1, 0.15) is 17.1 Å². The lowest BCUT2D eigenvalue weighted by atomic mass is 9.70. The van der Waals surface area contributed by atoms with Crippen LogP contribution in [0.4, 0.5) is 4.79 Å². The minimum absolute atomic E-state index is 0.357. The maximum absolute atomic E-state index is 13.0. The molecule has 0 radical (unpaired) electrons. The summed E-state index contributed by atoms with van der Waals surface area (Å²) in [6, 6.07) is 8.33. The van der Waals surface area contributed by atoms with Crippen LogP contribution in [-0.2, 0) is 23.1 Å². The Morgan fingerprint density at radius 1 is 1.20 bits per heavy atom. The average molecular weight is 412 g/mol. The molecule has 30 heavy (non-hydrogen) atoms. The van der Waals surface area contributed by atoms with E-state index < -0.39 is 17.1 Å². The van der Waals surface area contributed by atoms with Crippen LogP contribution in [0.15, 0.2) is 30.5 Å². The van der Waals surface area contributed by atoms with Gasteiger partial charge in [0, 0.05) is 19.6 Å². The molecule has 0 saturated carbocycles. The van der Waals surface area contributed by atoms with Gasteiger partial charge in [-0.15, -0.1) is 0 Å². The van der Waals surface area contributed by atoms with Crippen molar-refractivity contribution in [1.29, 1.82) is 0 Å². The van der Waals surface area contributed by atoms with Crippen molar-refractivity contribution in [2.75, 3.05) is 13.1 Å². The lowest BCUT2D eigenvalue weighted by Crippen LogP contribution is -2.46. The first kappa shape index (κ1) is 20.4. The van der Waals surface area contributed by atoms with Gasteiger partial charge >= 0.3 is 12.1 Å². The van der Waals surface area contributed by atoms with E-state index >= 15 is 0 Å². The van der Waals surface area contributed by atoms with Crippen molar-refractivity contribution in [3.63, 3.8) is 0 Å². The molecule has 7 nitrogen and oxygen atoms in total. The second kappa shape index (κ2) is 7.45. The number of ether oxygens (including phenoxy) is 1. The highest BCUT2D eigenvalue weighted by atomic mass is 16.6. The van der Waals surface area contributed by atoms with Crippen molar-refractivity contribution < 1.29 is 19.4 Å². The summed E-state index contributed by atoms with van der Waals surface area (Å²) in [7, 11) is 0. The third kappa shape index (κ3) is 3.36. The number of aryl methyl sites for hydroxylation is 1. The molecule has 1 spiro atoms. The van der Waals surface area contributed by atoms with Crippen LogP contribution in [0, 0.1) is 0 Å². The number of carboxylic acid groups (broad SMARTS) is 1. The molecule has 1 aromatic heterocycles. The summed E-state index contributed by atoms with van der Waals surface area (Å²) in [5.74, 6) is 0.489. The topological polar surface area (TPSA) is 84.7 Å². The Labute approximate surface area is 176 Å². The average Bonchev–Trinajstić information content (AvgIpc) is 3.12. The monoisotopic (exact) mass is 411 g/mol. The molecule has 2 aliphatic heterocycles. The Balaban J connectivity index is 1.78. The fourth-order valence-corrected chi connectivity index (χ4v) is 4.65. The van der Waals surface area contributed by atoms with E-state index in [-0.39, 0.29) is 5.97 Å². The molecule has 0 aliphatic carbocycles. The Hall–Kier alpha value is -2.83. The number of carbonyl (C=O) groups is 2. The zero-order valence-electron chi connectivity index (χ0n) is 17.9. The maximum Gasteiger partial charge on any atom is 0.407 e. The van der Waals surface area contributed by atoms with Crippen LogP contribution in [0.2, 0.25) is 0 Å². The Morgan fingerprint density at radius 2 is 1.90 bits per heavy atom. The minimum Gasteiger partial charge on any atom is -0.465 e. The van der Waals surface area contributed by atoms with Crippen LogP contribution >= 0.6 is 0 Å². The molecule has 1 saturated heterocycles. The van der Waals surface area contributed by atoms with Crippen LogP contribution in [0.1, 0.15) is 67.5 Å². The van der Waals surface area contributed by atoms with Crippen LogP contribution < -0.4 is 0 Å². The molecule has 7 heteroatoms. The molecule has 2 aromatic rings. The smallest absolute Gasteiger partial charge is 0.407 e. The van der Waals surface area contributed by atoms with Gasteiger partial charge in [0.05, 0.1) is 11.6 Å². The number of piperidine rings is 1. The van der Waals surface area contributed by atoms with Gasteiger partial charge in [0.15, 0.2) is 0 Å². The molecule has 1 N–H and O–H groups in total. The SMILES string of the molecule is CCC(C)(C)OC(=O)c1cnc2n1CCc1ccccc1C21CCN(C(=O)O)CC1. The van der Waals surface area contributed by atoms with Gasteiger partial charge in [0.2, 0.25) is 0 Å². The van der Waals surface area contributed by atoms with Crippen LogP contribution in [0.25, 0.3) is 0 Å². The van der Waals surface area contributed by atoms with Gasteiger partial charge in [-0.1, -0.05) is 31.2 Å². The second-order valence-corrected chi connectivity index (χ2v) is 8.88. The predicted octanol–water partition coefficient (Wildman–Crippen LogP) is 3.84. The highest BCUT2D eigenvalue weighted by molar-refractivity contribution is 5.88. The Bertz CT molecular complexity index is 971. The molecule has 0 unspecified atom stereocenters. The number of fused-ring (bicyclic) bond motifs is 4. The van der Waals surface area contributed by atoms with Crippen molar-refractivity contribution >= 4 is 12.1 Å². The quantitative estimate of drug-likeness (QED) is 0.776. The highest BCUT2D eigenvalue weighted by Crippen LogP contribution is 2.44. The van der Waals surface area contributed by atoms with Crippen molar-refractivity contribution in [2.45, 2.75) is 64.0 Å². The molecular weight excluding hydrogens is 382 g/mol.